The zero-order valence-electron chi connectivity index (χ0n) is 11.1. The molecule has 0 amide bonds. The van der Waals surface area contributed by atoms with Gasteiger partial charge >= 0.3 is 0 Å². The fourth-order valence-electron chi connectivity index (χ4n) is 3.72. The van der Waals surface area contributed by atoms with Gasteiger partial charge in [-0.2, -0.15) is 0 Å². The molecule has 0 saturated heterocycles. The minimum Gasteiger partial charge on any atom is -0.379 e. The van der Waals surface area contributed by atoms with Gasteiger partial charge in [0, 0.05) is 6.61 Å². The largest absolute Gasteiger partial charge is 0.379 e. The van der Waals surface area contributed by atoms with Crippen LogP contribution >= 0.6 is 0 Å². The number of hydrogen-bond acceptors (Lipinski definition) is 1. The molecule has 0 aromatic heterocycles. The Bertz CT molecular complexity index is 186. The van der Waals surface area contributed by atoms with E-state index in [0.29, 0.717) is 6.10 Å². The quantitative estimate of drug-likeness (QED) is 0.690. The molecular weight excluding hydrogens is 196 g/mol. The van der Waals surface area contributed by atoms with Gasteiger partial charge in [0.15, 0.2) is 0 Å². The molecule has 0 aromatic rings. The third-order valence-electron chi connectivity index (χ3n) is 4.85. The maximum atomic E-state index is 5.74. The van der Waals surface area contributed by atoms with Gasteiger partial charge < -0.3 is 4.74 Å². The second-order valence-electron chi connectivity index (χ2n) is 6.01. The van der Waals surface area contributed by atoms with Gasteiger partial charge in [0.1, 0.15) is 0 Å². The third kappa shape index (κ3) is 3.23. The Labute approximate surface area is 101 Å². The summed E-state index contributed by atoms with van der Waals surface area (Å²) in [5.74, 6) is 3.08. The van der Waals surface area contributed by atoms with Crippen molar-refractivity contribution in [3.8, 4) is 0 Å². The van der Waals surface area contributed by atoms with E-state index in [4.69, 9.17) is 4.74 Å². The van der Waals surface area contributed by atoms with Crippen LogP contribution in [0.25, 0.3) is 0 Å². The molecule has 0 aliphatic heterocycles. The Morgan fingerprint density at radius 3 is 1.81 bits per heavy atom. The summed E-state index contributed by atoms with van der Waals surface area (Å²) in [6, 6.07) is 0. The van der Waals surface area contributed by atoms with Gasteiger partial charge in [-0.1, -0.05) is 19.8 Å². The second kappa shape index (κ2) is 6.05. The lowest BCUT2D eigenvalue weighted by atomic mass is 9.71. The SMILES string of the molecule is CCO[C@H]1CC[C@H](C2CCC(C)CC2)CC1. The monoisotopic (exact) mass is 224 g/mol. The van der Waals surface area contributed by atoms with Crippen molar-refractivity contribution in [2.75, 3.05) is 6.61 Å². The smallest absolute Gasteiger partial charge is 0.0575 e. The van der Waals surface area contributed by atoms with Gasteiger partial charge in [0.05, 0.1) is 6.10 Å². The van der Waals surface area contributed by atoms with Crippen molar-refractivity contribution in [3.63, 3.8) is 0 Å². The van der Waals surface area contributed by atoms with E-state index in [9.17, 15) is 0 Å². The molecule has 0 radical (unpaired) electrons. The van der Waals surface area contributed by atoms with E-state index in [0.717, 1.165) is 24.4 Å². The van der Waals surface area contributed by atoms with Crippen LogP contribution in [0.1, 0.15) is 65.2 Å². The Morgan fingerprint density at radius 1 is 0.812 bits per heavy atom. The van der Waals surface area contributed by atoms with Crippen LogP contribution in [0.3, 0.4) is 0 Å². The summed E-state index contributed by atoms with van der Waals surface area (Å²) in [4.78, 5) is 0. The standard InChI is InChI=1S/C15H28O/c1-3-16-15-10-8-14(9-11-15)13-6-4-12(2)5-7-13/h12-15H,3-11H2,1-2H3/t12?,13?,14-,15-. The first-order chi connectivity index (χ1) is 7.79. The first kappa shape index (κ1) is 12.4. The van der Waals surface area contributed by atoms with Crippen LogP contribution in [-0.2, 0) is 4.74 Å². The molecule has 0 unspecified atom stereocenters. The van der Waals surface area contributed by atoms with Crippen molar-refractivity contribution in [1.82, 2.24) is 0 Å². The maximum Gasteiger partial charge on any atom is 0.0575 e. The first-order valence-corrected chi connectivity index (χ1v) is 7.41. The van der Waals surface area contributed by atoms with Crippen LogP contribution < -0.4 is 0 Å². The lowest BCUT2D eigenvalue weighted by Gasteiger charge is -2.37. The van der Waals surface area contributed by atoms with Crippen LogP contribution in [0, 0.1) is 17.8 Å². The Hall–Kier alpha value is -0.0400. The van der Waals surface area contributed by atoms with Crippen molar-refractivity contribution in [2.24, 2.45) is 17.8 Å². The Kier molecular flexibility index (Phi) is 4.69. The molecule has 0 atom stereocenters. The molecule has 2 saturated carbocycles. The van der Waals surface area contributed by atoms with E-state index in [1.807, 2.05) is 0 Å². The van der Waals surface area contributed by atoms with Crippen LogP contribution in [0.15, 0.2) is 0 Å². The molecule has 2 aliphatic rings. The fraction of sp³-hybridized carbons (Fsp3) is 1.00. The molecule has 94 valence electrons. The predicted octanol–water partition coefficient (Wildman–Crippen LogP) is 4.41. The van der Waals surface area contributed by atoms with Gasteiger partial charge in [0.25, 0.3) is 0 Å². The van der Waals surface area contributed by atoms with Gasteiger partial charge in [-0.25, -0.2) is 0 Å². The van der Waals surface area contributed by atoms with Crippen LogP contribution in [0.2, 0.25) is 0 Å². The summed E-state index contributed by atoms with van der Waals surface area (Å²) >= 11 is 0. The topological polar surface area (TPSA) is 9.23 Å². The Morgan fingerprint density at radius 2 is 1.31 bits per heavy atom. The maximum absolute atomic E-state index is 5.74. The van der Waals surface area contributed by atoms with E-state index >= 15 is 0 Å². The zero-order valence-corrected chi connectivity index (χ0v) is 11.1. The zero-order chi connectivity index (χ0) is 11.4. The Balaban J connectivity index is 1.72. The molecule has 0 spiro atoms. The summed E-state index contributed by atoms with van der Waals surface area (Å²) < 4.78 is 5.74. The first-order valence-electron chi connectivity index (χ1n) is 7.41. The molecule has 1 nitrogen and oxygen atoms in total. The van der Waals surface area contributed by atoms with Crippen LogP contribution in [0.4, 0.5) is 0 Å². The van der Waals surface area contributed by atoms with E-state index < -0.39 is 0 Å². The van der Waals surface area contributed by atoms with Crippen molar-refractivity contribution in [1.29, 1.82) is 0 Å². The highest BCUT2D eigenvalue weighted by Crippen LogP contribution is 2.40. The summed E-state index contributed by atoms with van der Waals surface area (Å²) in [6.45, 7) is 5.44. The highest BCUT2D eigenvalue weighted by atomic mass is 16.5. The number of ether oxygens (including phenoxy) is 1. The van der Waals surface area contributed by atoms with Crippen LogP contribution in [0.5, 0.6) is 0 Å². The number of hydrogen-bond donors (Lipinski definition) is 0. The molecule has 0 aromatic carbocycles. The second-order valence-corrected chi connectivity index (χ2v) is 6.01. The molecule has 2 aliphatic carbocycles. The van der Waals surface area contributed by atoms with Gasteiger partial charge in [0.2, 0.25) is 0 Å². The van der Waals surface area contributed by atoms with E-state index in [1.165, 1.54) is 51.4 Å². The molecule has 2 rings (SSSR count). The minimum atomic E-state index is 0.587. The molecule has 0 N–H and O–H groups in total. The summed E-state index contributed by atoms with van der Waals surface area (Å²) in [5.41, 5.74) is 0. The van der Waals surface area contributed by atoms with Crippen molar-refractivity contribution in [3.05, 3.63) is 0 Å². The van der Waals surface area contributed by atoms with Gasteiger partial charge in [-0.3, -0.25) is 0 Å². The summed E-state index contributed by atoms with van der Waals surface area (Å²) in [5, 5.41) is 0. The minimum absolute atomic E-state index is 0.587. The van der Waals surface area contributed by atoms with E-state index in [1.54, 1.807) is 0 Å². The molecule has 2 fully saturated rings. The van der Waals surface area contributed by atoms with Crippen molar-refractivity contribution < 1.29 is 4.74 Å². The van der Waals surface area contributed by atoms with Gasteiger partial charge in [-0.15, -0.1) is 0 Å². The molecule has 0 bridgehead atoms. The highest BCUT2D eigenvalue weighted by molar-refractivity contribution is 4.81. The fourth-order valence-corrected chi connectivity index (χ4v) is 3.72. The summed E-state index contributed by atoms with van der Waals surface area (Å²) in [7, 11) is 0. The third-order valence-corrected chi connectivity index (χ3v) is 4.85. The summed E-state index contributed by atoms with van der Waals surface area (Å²) in [6.07, 6.45) is 12.1. The van der Waals surface area contributed by atoms with Crippen LogP contribution in [-0.4, -0.2) is 12.7 Å². The molecule has 1 heteroatoms. The molecule has 0 heterocycles. The number of rotatable bonds is 3. The van der Waals surface area contributed by atoms with E-state index in [-0.39, 0.29) is 0 Å². The predicted molar refractivity (Wildman–Crippen MR) is 68.5 cm³/mol. The lowest BCUT2D eigenvalue weighted by Crippen LogP contribution is -2.28. The molecular formula is C15H28O. The van der Waals surface area contributed by atoms with Gasteiger partial charge in [-0.05, 0) is 63.2 Å². The average molecular weight is 224 g/mol. The normalized spacial score (nSPS) is 40.9. The highest BCUT2D eigenvalue weighted by Gasteiger charge is 2.29. The van der Waals surface area contributed by atoms with E-state index in [2.05, 4.69) is 13.8 Å². The molecule has 16 heavy (non-hydrogen) atoms. The van der Waals surface area contributed by atoms with Crippen molar-refractivity contribution in [2.45, 2.75) is 71.3 Å². The lowest BCUT2D eigenvalue weighted by molar-refractivity contribution is 0.0139. The average Bonchev–Trinajstić information content (AvgIpc) is 2.32. The van der Waals surface area contributed by atoms with Crippen molar-refractivity contribution >= 4 is 0 Å².